The molecule has 1 aliphatic rings. The van der Waals surface area contributed by atoms with Crippen molar-refractivity contribution in [1.82, 2.24) is 10.2 Å². The van der Waals surface area contributed by atoms with Crippen molar-refractivity contribution in [3.63, 3.8) is 0 Å². The number of phenolic OH excluding ortho intramolecular Hbond substituents is 2. The molecular weight excluding hydrogens is 352 g/mol. The van der Waals surface area contributed by atoms with Gasteiger partial charge in [0.2, 0.25) is 0 Å². The van der Waals surface area contributed by atoms with E-state index in [9.17, 15) is 20.1 Å². The van der Waals surface area contributed by atoms with E-state index in [0.717, 1.165) is 6.54 Å². The predicted octanol–water partition coefficient (Wildman–Crippen LogP) is 0.375. The lowest BCUT2D eigenvalue weighted by Crippen LogP contribution is -2.40. The first kappa shape index (κ1) is 19.6. The molecule has 0 amide bonds. The first-order valence-corrected chi connectivity index (χ1v) is 9.04. The Kier molecular flexibility index (Phi) is 5.71. The average Bonchev–Trinajstić information content (AvgIpc) is 2.59. The number of aromatic hydroxyl groups is 2. The van der Waals surface area contributed by atoms with Crippen LogP contribution in [0.5, 0.6) is 11.5 Å². The maximum atomic E-state index is 12.5. The molecule has 148 valence electrons. The summed E-state index contributed by atoms with van der Waals surface area (Å²) in [5, 5.41) is 44.0. The molecule has 5 N–H and O–H groups in total. The third-order valence-corrected chi connectivity index (χ3v) is 5.13. The number of nitrogens with one attached hydrogen (secondary N) is 1. The van der Waals surface area contributed by atoms with Crippen LogP contribution in [-0.2, 0) is 6.54 Å². The molecule has 2 atom stereocenters. The third kappa shape index (κ3) is 3.66. The fourth-order valence-electron chi connectivity index (χ4n) is 3.79. The van der Waals surface area contributed by atoms with E-state index < -0.39 is 17.5 Å². The van der Waals surface area contributed by atoms with E-state index in [-0.39, 0.29) is 47.7 Å². The summed E-state index contributed by atoms with van der Waals surface area (Å²) in [6.07, 6.45) is -0.168. The Morgan fingerprint density at radius 3 is 2.74 bits per heavy atom. The largest absolute Gasteiger partial charge is 0.507 e. The summed E-state index contributed by atoms with van der Waals surface area (Å²) < 4.78 is 5.74. The van der Waals surface area contributed by atoms with Gasteiger partial charge in [0, 0.05) is 37.2 Å². The van der Waals surface area contributed by atoms with Gasteiger partial charge in [-0.2, -0.15) is 0 Å². The van der Waals surface area contributed by atoms with Crippen molar-refractivity contribution in [3.8, 4) is 11.5 Å². The van der Waals surface area contributed by atoms with Crippen molar-refractivity contribution in [2.45, 2.75) is 31.9 Å². The summed E-state index contributed by atoms with van der Waals surface area (Å²) >= 11 is 0. The van der Waals surface area contributed by atoms with Crippen LogP contribution in [0.4, 0.5) is 0 Å². The van der Waals surface area contributed by atoms with Gasteiger partial charge in [0.05, 0.1) is 18.3 Å². The van der Waals surface area contributed by atoms with Gasteiger partial charge in [-0.1, -0.05) is 0 Å². The molecule has 0 spiro atoms. The van der Waals surface area contributed by atoms with Gasteiger partial charge in [-0.05, 0) is 26.9 Å². The highest BCUT2D eigenvalue weighted by Gasteiger charge is 2.34. The molecule has 1 aliphatic heterocycles. The number of benzene rings is 1. The van der Waals surface area contributed by atoms with Crippen LogP contribution in [-0.4, -0.2) is 64.7 Å². The normalized spacial score (nSPS) is 21.0. The fraction of sp³-hybridized carbons (Fsp3) is 0.526. The van der Waals surface area contributed by atoms with Crippen molar-refractivity contribution in [2.75, 3.05) is 33.3 Å². The Morgan fingerprint density at radius 2 is 2.07 bits per heavy atom. The zero-order chi connectivity index (χ0) is 19.7. The Hall–Kier alpha value is -2.13. The molecule has 2 heterocycles. The molecule has 1 aromatic carbocycles. The summed E-state index contributed by atoms with van der Waals surface area (Å²) in [6, 6.07) is 1.29. The zero-order valence-corrected chi connectivity index (χ0v) is 15.5. The number of phenols is 2. The second kappa shape index (κ2) is 7.85. The molecule has 0 aliphatic carbocycles. The maximum Gasteiger partial charge on any atom is 0.196 e. The third-order valence-electron chi connectivity index (χ3n) is 5.13. The predicted molar refractivity (Wildman–Crippen MR) is 100 cm³/mol. The topological polar surface area (TPSA) is 126 Å². The number of aliphatic hydroxyl groups excluding tert-OH is 2. The summed E-state index contributed by atoms with van der Waals surface area (Å²) in [5.74, 6) is -0.590. The van der Waals surface area contributed by atoms with E-state index in [1.165, 1.54) is 6.07 Å². The molecule has 0 saturated carbocycles. The SMILES string of the molecule is Cc1cc(=O)c2c(O)c(CNCCO)c(O)c(C3CCN(C)CC3O)c2o1. The highest BCUT2D eigenvalue weighted by Crippen LogP contribution is 2.44. The molecule has 8 heteroatoms. The van der Waals surface area contributed by atoms with E-state index in [1.807, 2.05) is 11.9 Å². The number of β-amino-alcohol motifs (C(OH)–C–C–N with tert-alkyl or cyclic N) is 1. The Balaban J connectivity index is 2.25. The van der Waals surface area contributed by atoms with E-state index >= 15 is 0 Å². The van der Waals surface area contributed by atoms with Crippen LogP contribution >= 0.6 is 0 Å². The average molecular weight is 378 g/mol. The number of likely N-dealkylation sites (tertiary alicyclic amines) is 1. The number of hydrogen-bond donors (Lipinski definition) is 5. The number of rotatable bonds is 5. The van der Waals surface area contributed by atoms with Crippen molar-refractivity contribution < 1.29 is 24.8 Å². The second-order valence-corrected chi connectivity index (χ2v) is 7.14. The molecule has 2 aromatic rings. The molecule has 3 rings (SSSR count). The van der Waals surface area contributed by atoms with Gasteiger partial charge in [0.15, 0.2) is 5.43 Å². The van der Waals surface area contributed by atoms with E-state index in [1.54, 1.807) is 6.92 Å². The number of nitrogens with zero attached hydrogens (tertiary/aromatic N) is 1. The Labute approximate surface area is 156 Å². The van der Waals surface area contributed by atoms with Crippen molar-refractivity contribution >= 4 is 11.0 Å². The van der Waals surface area contributed by atoms with Gasteiger partial charge in [0.1, 0.15) is 28.2 Å². The minimum atomic E-state index is -0.744. The van der Waals surface area contributed by atoms with Gasteiger partial charge >= 0.3 is 0 Å². The van der Waals surface area contributed by atoms with Gasteiger partial charge in [-0.15, -0.1) is 0 Å². The van der Waals surface area contributed by atoms with Gasteiger partial charge in [-0.25, -0.2) is 0 Å². The van der Waals surface area contributed by atoms with Crippen LogP contribution in [0.3, 0.4) is 0 Å². The zero-order valence-electron chi connectivity index (χ0n) is 15.5. The minimum absolute atomic E-state index is 0.000302. The van der Waals surface area contributed by atoms with E-state index in [2.05, 4.69) is 5.32 Å². The molecule has 1 aromatic heterocycles. The highest BCUT2D eigenvalue weighted by atomic mass is 16.3. The Bertz CT molecular complexity index is 894. The smallest absolute Gasteiger partial charge is 0.196 e. The number of piperidine rings is 1. The van der Waals surface area contributed by atoms with Crippen LogP contribution in [0.2, 0.25) is 0 Å². The van der Waals surface area contributed by atoms with Gasteiger partial charge in [-0.3, -0.25) is 4.79 Å². The van der Waals surface area contributed by atoms with Crippen molar-refractivity contribution in [1.29, 1.82) is 0 Å². The number of hydrogen-bond acceptors (Lipinski definition) is 8. The first-order valence-electron chi connectivity index (χ1n) is 9.04. The summed E-state index contributed by atoms with van der Waals surface area (Å²) in [5.41, 5.74) is 0.228. The van der Waals surface area contributed by atoms with Gasteiger partial charge < -0.3 is 35.1 Å². The molecule has 8 nitrogen and oxygen atoms in total. The lowest BCUT2D eigenvalue weighted by molar-refractivity contribution is 0.0630. The summed E-state index contributed by atoms with van der Waals surface area (Å²) in [6.45, 7) is 3.01. The monoisotopic (exact) mass is 378 g/mol. The quantitative estimate of drug-likeness (QED) is 0.473. The molecule has 1 saturated heterocycles. The van der Waals surface area contributed by atoms with Crippen LogP contribution in [0, 0.1) is 6.92 Å². The van der Waals surface area contributed by atoms with E-state index in [0.29, 0.717) is 24.3 Å². The second-order valence-electron chi connectivity index (χ2n) is 7.14. The van der Waals surface area contributed by atoms with Crippen molar-refractivity contribution in [3.05, 3.63) is 33.2 Å². The fourth-order valence-corrected chi connectivity index (χ4v) is 3.79. The van der Waals surface area contributed by atoms with Crippen LogP contribution < -0.4 is 10.7 Å². The summed E-state index contributed by atoms with van der Waals surface area (Å²) in [7, 11) is 1.91. The van der Waals surface area contributed by atoms with Crippen molar-refractivity contribution in [2.24, 2.45) is 0 Å². The molecule has 27 heavy (non-hydrogen) atoms. The molecule has 0 radical (unpaired) electrons. The number of aryl methyl sites for hydroxylation is 1. The van der Waals surface area contributed by atoms with Crippen LogP contribution in [0.1, 0.15) is 29.2 Å². The summed E-state index contributed by atoms with van der Waals surface area (Å²) in [4.78, 5) is 14.5. The number of aliphatic hydroxyl groups is 2. The maximum absolute atomic E-state index is 12.5. The molecular formula is C19H26N2O6. The Morgan fingerprint density at radius 1 is 1.33 bits per heavy atom. The number of likely N-dealkylation sites (N-methyl/N-ethyl adjacent to an activating group) is 1. The van der Waals surface area contributed by atoms with Gasteiger partial charge in [0.25, 0.3) is 0 Å². The minimum Gasteiger partial charge on any atom is -0.507 e. The molecule has 1 fully saturated rings. The van der Waals surface area contributed by atoms with E-state index in [4.69, 9.17) is 9.52 Å². The highest BCUT2D eigenvalue weighted by molar-refractivity contribution is 5.90. The lowest BCUT2D eigenvalue weighted by atomic mass is 9.84. The molecule has 2 unspecified atom stereocenters. The molecule has 0 bridgehead atoms. The first-order chi connectivity index (χ1) is 12.8. The van der Waals surface area contributed by atoms with Crippen LogP contribution in [0.25, 0.3) is 11.0 Å². The standard InChI is InChI=1S/C19H26N2O6/c1-10-7-13(23)16-18(26)12(8-20-4-6-22)17(25)15(19(16)27-10)11-3-5-21(2)9-14(11)24/h7,11,14,20,22,24-26H,3-6,8-9H2,1-2H3. The number of fused-ring (bicyclic) bond motifs is 1. The lowest BCUT2D eigenvalue weighted by Gasteiger charge is -2.34. The van der Waals surface area contributed by atoms with Crippen LogP contribution in [0.15, 0.2) is 15.3 Å².